The molecule has 0 aliphatic carbocycles. The first-order valence-corrected chi connectivity index (χ1v) is 6.56. The molecule has 0 aromatic heterocycles. The highest BCUT2D eigenvalue weighted by atomic mass is 19.1. The summed E-state index contributed by atoms with van der Waals surface area (Å²) in [6.07, 6.45) is 0.847. The number of hydrogen-bond donors (Lipinski definition) is 1. The standard InChI is InChI=1S/C15H15FN2O3/c1-2-10-17-13-4-3-5-14(15(13)18(19)20)21-12-8-6-11(16)7-9-12/h3-9,17H,2,10H2,1H3. The predicted molar refractivity (Wildman–Crippen MR) is 78.4 cm³/mol. The normalized spacial score (nSPS) is 10.2. The fraction of sp³-hybridized carbons (Fsp3) is 0.200. The van der Waals surface area contributed by atoms with Gasteiger partial charge in [-0.3, -0.25) is 10.1 Å². The predicted octanol–water partition coefficient (Wildman–Crippen LogP) is 4.35. The zero-order chi connectivity index (χ0) is 15.2. The van der Waals surface area contributed by atoms with E-state index < -0.39 is 10.7 Å². The molecule has 0 spiro atoms. The number of nitrogens with one attached hydrogen (secondary N) is 1. The van der Waals surface area contributed by atoms with Gasteiger partial charge in [0.05, 0.1) is 4.92 Å². The average Bonchev–Trinajstić information content (AvgIpc) is 2.47. The number of rotatable bonds is 6. The van der Waals surface area contributed by atoms with Crippen molar-refractivity contribution in [1.29, 1.82) is 0 Å². The van der Waals surface area contributed by atoms with Gasteiger partial charge < -0.3 is 10.1 Å². The molecule has 0 saturated heterocycles. The third-order valence-corrected chi connectivity index (χ3v) is 2.79. The van der Waals surface area contributed by atoms with Gasteiger partial charge in [-0.2, -0.15) is 0 Å². The lowest BCUT2D eigenvalue weighted by Crippen LogP contribution is -2.04. The topological polar surface area (TPSA) is 64.4 Å². The molecule has 0 heterocycles. The molecule has 6 heteroatoms. The summed E-state index contributed by atoms with van der Waals surface area (Å²) >= 11 is 0. The number of nitro benzene ring substituents is 1. The lowest BCUT2D eigenvalue weighted by Gasteiger charge is -2.10. The molecular formula is C15H15FN2O3. The second-order valence-electron chi connectivity index (χ2n) is 4.39. The Hall–Kier alpha value is -2.63. The summed E-state index contributed by atoms with van der Waals surface area (Å²) in [5.74, 6) is 0.0649. The first-order chi connectivity index (χ1) is 10.1. The largest absolute Gasteiger partial charge is 0.450 e. The van der Waals surface area contributed by atoms with E-state index in [-0.39, 0.29) is 11.4 Å². The van der Waals surface area contributed by atoms with Crippen LogP contribution in [0.2, 0.25) is 0 Å². The molecule has 5 nitrogen and oxygen atoms in total. The quantitative estimate of drug-likeness (QED) is 0.634. The Balaban J connectivity index is 2.33. The third-order valence-electron chi connectivity index (χ3n) is 2.79. The van der Waals surface area contributed by atoms with Crippen LogP contribution in [0.25, 0.3) is 0 Å². The molecule has 0 aliphatic rings. The Morgan fingerprint density at radius 1 is 1.24 bits per heavy atom. The van der Waals surface area contributed by atoms with Crippen molar-refractivity contribution < 1.29 is 14.1 Å². The summed E-state index contributed by atoms with van der Waals surface area (Å²) in [6, 6.07) is 10.1. The number of hydrogen-bond acceptors (Lipinski definition) is 4. The zero-order valence-corrected chi connectivity index (χ0v) is 11.5. The van der Waals surface area contributed by atoms with E-state index in [1.54, 1.807) is 12.1 Å². The van der Waals surface area contributed by atoms with Crippen LogP contribution in [0.4, 0.5) is 15.8 Å². The van der Waals surface area contributed by atoms with Crippen molar-refractivity contribution >= 4 is 11.4 Å². The molecule has 0 saturated carbocycles. The molecule has 2 aromatic carbocycles. The number of nitrogens with zero attached hydrogens (tertiary/aromatic N) is 1. The van der Waals surface area contributed by atoms with Crippen LogP contribution in [0.3, 0.4) is 0 Å². The Kier molecular flexibility index (Phi) is 4.71. The van der Waals surface area contributed by atoms with Crippen LogP contribution < -0.4 is 10.1 Å². The lowest BCUT2D eigenvalue weighted by molar-refractivity contribution is -0.384. The third kappa shape index (κ3) is 3.68. The molecule has 0 radical (unpaired) electrons. The van der Waals surface area contributed by atoms with Crippen molar-refractivity contribution in [3.8, 4) is 11.5 Å². The van der Waals surface area contributed by atoms with E-state index in [2.05, 4.69) is 5.32 Å². The van der Waals surface area contributed by atoms with Gasteiger partial charge in [-0.25, -0.2) is 4.39 Å². The van der Waals surface area contributed by atoms with Gasteiger partial charge in [0, 0.05) is 6.54 Å². The van der Waals surface area contributed by atoms with Gasteiger partial charge in [-0.15, -0.1) is 0 Å². The van der Waals surface area contributed by atoms with Crippen LogP contribution in [0.1, 0.15) is 13.3 Å². The van der Waals surface area contributed by atoms with Crippen LogP contribution >= 0.6 is 0 Å². The Morgan fingerprint density at radius 3 is 2.57 bits per heavy atom. The Bertz CT molecular complexity index is 629. The summed E-state index contributed by atoms with van der Waals surface area (Å²) in [6.45, 7) is 2.60. The molecule has 0 fully saturated rings. The molecule has 0 unspecified atom stereocenters. The molecule has 2 rings (SSSR count). The molecule has 0 bridgehead atoms. The molecule has 0 atom stereocenters. The fourth-order valence-electron chi connectivity index (χ4n) is 1.82. The van der Waals surface area contributed by atoms with E-state index in [9.17, 15) is 14.5 Å². The van der Waals surface area contributed by atoms with E-state index in [1.807, 2.05) is 6.92 Å². The summed E-state index contributed by atoms with van der Waals surface area (Å²) < 4.78 is 18.4. The number of anilines is 1. The van der Waals surface area contributed by atoms with Gasteiger partial charge in [0.15, 0.2) is 0 Å². The van der Waals surface area contributed by atoms with Crippen molar-refractivity contribution in [3.05, 3.63) is 58.4 Å². The maximum absolute atomic E-state index is 12.9. The number of para-hydroxylation sites is 1. The van der Waals surface area contributed by atoms with Crippen LogP contribution in [-0.4, -0.2) is 11.5 Å². The van der Waals surface area contributed by atoms with E-state index in [1.165, 1.54) is 30.3 Å². The minimum atomic E-state index is -0.489. The zero-order valence-electron chi connectivity index (χ0n) is 11.5. The van der Waals surface area contributed by atoms with Crippen LogP contribution in [0.15, 0.2) is 42.5 Å². The van der Waals surface area contributed by atoms with Gasteiger partial charge in [0.25, 0.3) is 0 Å². The van der Waals surface area contributed by atoms with E-state index in [4.69, 9.17) is 4.74 Å². The number of ether oxygens (including phenoxy) is 1. The maximum atomic E-state index is 12.9. The van der Waals surface area contributed by atoms with Crippen molar-refractivity contribution in [2.24, 2.45) is 0 Å². The van der Waals surface area contributed by atoms with E-state index in [0.717, 1.165) is 6.42 Å². The Morgan fingerprint density at radius 2 is 1.95 bits per heavy atom. The molecule has 110 valence electrons. The van der Waals surface area contributed by atoms with Crippen LogP contribution in [0, 0.1) is 15.9 Å². The minimum Gasteiger partial charge on any atom is -0.450 e. The van der Waals surface area contributed by atoms with Crippen LogP contribution in [-0.2, 0) is 0 Å². The van der Waals surface area contributed by atoms with Crippen molar-refractivity contribution in [2.75, 3.05) is 11.9 Å². The van der Waals surface area contributed by atoms with Gasteiger partial charge in [0.2, 0.25) is 5.75 Å². The molecule has 1 N–H and O–H groups in total. The first kappa shape index (κ1) is 14.8. The summed E-state index contributed by atoms with van der Waals surface area (Å²) in [4.78, 5) is 10.8. The molecular weight excluding hydrogens is 275 g/mol. The molecule has 2 aromatic rings. The van der Waals surface area contributed by atoms with E-state index >= 15 is 0 Å². The first-order valence-electron chi connectivity index (χ1n) is 6.56. The second-order valence-corrected chi connectivity index (χ2v) is 4.39. The van der Waals surface area contributed by atoms with Gasteiger partial charge in [-0.05, 0) is 42.8 Å². The second kappa shape index (κ2) is 6.69. The minimum absolute atomic E-state index is 0.118. The number of nitro groups is 1. The highest BCUT2D eigenvalue weighted by molar-refractivity contribution is 5.69. The van der Waals surface area contributed by atoms with Crippen molar-refractivity contribution in [3.63, 3.8) is 0 Å². The SMILES string of the molecule is CCCNc1cccc(Oc2ccc(F)cc2)c1[N+](=O)[O-]. The average molecular weight is 290 g/mol. The molecule has 0 aliphatic heterocycles. The van der Waals surface area contributed by atoms with Crippen molar-refractivity contribution in [2.45, 2.75) is 13.3 Å². The van der Waals surface area contributed by atoms with Gasteiger partial charge in [0.1, 0.15) is 17.3 Å². The highest BCUT2D eigenvalue weighted by Crippen LogP contribution is 2.37. The lowest BCUT2D eigenvalue weighted by atomic mass is 10.2. The summed E-state index contributed by atoms with van der Waals surface area (Å²) in [5, 5.41) is 14.3. The van der Waals surface area contributed by atoms with Crippen molar-refractivity contribution in [1.82, 2.24) is 0 Å². The van der Waals surface area contributed by atoms with Crippen LogP contribution in [0.5, 0.6) is 11.5 Å². The fourth-order valence-corrected chi connectivity index (χ4v) is 1.82. The smallest absolute Gasteiger partial charge is 0.334 e. The Labute approximate surface area is 121 Å². The monoisotopic (exact) mass is 290 g/mol. The number of benzene rings is 2. The highest BCUT2D eigenvalue weighted by Gasteiger charge is 2.21. The molecule has 21 heavy (non-hydrogen) atoms. The maximum Gasteiger partial charge on any atom is 0.334 e. The number of halogens is 1. The van der Waals surface area contributed by atoms with Gasteiger partial charge >= 0.3 is 5.69 Å². The molecule has 0 amide bonds. The van der Waals surface area contributed by atoms with Gasteiger partial charge in [-0.1, -0.05) is 13.0 Å². The summed E-state index contributed by atoms with van der Waals surface area (Å²) in [5.41, 5.74) is 0.275. The van der Waals surface area contributed by atoms with E-state index in [0.29, 0.717) is 18.0 Å². The summed E-state index contributed by atoms with van der Waals surface area (Å²) in [7, 11) is 0.